The second kappa shape index (κ2) is 5.27. The summed E-state index contributed by atoms with van der Waals surface area (Å²) in [4.78, 5) is 16.9. The Hall–Kier alpha value is -1.55. The van der Waals surface area contributed by atoms with Crippen molar-refractivity contribution in [1.29, 1.82) is 0 Å². The number of amides is 1. The molecule has 0 N–H and O–H groups in total. The zero-order valence-electron chi connectivity index (χ0n) is 11.7. The van der Waals surface area contributed by atoms with Gasteiger partial charge in [-0.15, -0.1) is 0 Å². The second-order valence-electron chi connectivity index (χ2n) is 5.63. The topological polar surface area (TPSA) is 75.5 Å². The summed E-state index contributed by atoms with van der Waals surface area (Å²) in [7, 11) is -3.50. The summed E-state index contributed by atoms with van der Waals surface area (Å²) >= 11 is 0. The summed E-state index contributed by atoms with van der Waals surface area (Å²) in [6.45, 7) is -0.517. The van der Waals surface area contributed by atoms with Crippen molar-refractivity contribution in [2.75, 3.05) is 25.4 Å². The molecule has 122 valence electrons. The molecule has 10 heteroatoms. The molecule has 0 aliphatic carbocycles. The zero-order valence-corrected chi connectivity index (χ0v) is 12.5. The molecule has 2 aliphatic rings. The van der Waals surface area contributed by atoms with Crippen LogP contribution in [0, 0.1) is 0 Å². The van der Waals surface area contributed by atoms with Gasteiger partial charge in [0.25, 0.3) is 5.92 Å². The van der Waals surface area contributed by atoms with Crippen LogP contribution >= 0.6 is 0 Å². The van der Waals surface area contributed by atoms with Crippen molar-refractivity contribution in [2.24, 2.45) is 0 Å². The highest BCUT2D eigenvalue weighted by Gasteiger charge is 2.47. The van der Waals surface area contributed by atoms with Crippen LogP contribution in [0.3, 0.4) is 0 Å². The van der Waals surface area contributed by atoms with Gasteiger partial charge in [0, 0.05) is 37.9 Å². The number of likely N-dealkylation sites (tertiary alicyclic amines) is 1. The summed E-state index contributed by atoms with van der Waals surface area (Å²) in [5, 5.41) is 0. The largest absolute Gasteiger partial charge is 0.329 e. The molecule has 0 bridgehead atoms. The molecular formula is C12H16F2N4O3S. The third-order valence-electron chi connectivity index (χ3n) is 3.93. The second-order valence-corrected chi connectivity index (χ2v) is 7.67. The fourth-order valence-electron chi connectivity index (χ4n) is 3.02. The predicted octanol–water partition coefficient (Wildman–Crippen LogP) is 0.596. The summed E-state index contributed by atoms with van der Waals surface area (Å²) in [6.07, 6.45) is 3.86. The third-order valence-corrected chi connectivity index (χ3v) is 5.93. The van der Waals surface area contributed by atoms with Gasteiger partial charge < -0.3 is 4.90 Å². The minimum absolute atomic E-state index is 0.0233. The average molecular weight is 334 g/mol. The number of piperidine rings is 1. The van der Waals surface area contributed by atoms with Gasteiger partial charge in [-0.25, -0.2) is 27.0 Å². The van der Waals surface area contributed by atoms with E-state index in [-0.39, 0.29) is 18.8 Å². The molecule has 3 heterocycles. The lowest BCUT2D eigenvalue weighted by Crippen LogP contribution is -2.57. The molecule has 1 amide bonds. The first-order valence-corrected chi connectivity index (χ1v) is 8.54. The molecule has 3 rings (SSSR count). The Morgan fingerprint density at radius 1 is 1.36 bits per heavy atom. The molecule has 0 aromatic carbocycles. The Morgan fingerprint density at radius 2 is 2.14 bits per heavy atom. The van der Waals surface area contributed by atoms with Gasteiger partial charge in [-0.3, -0.25) is 4.57 Å². The number of sulfonamides is 1. The predicted molar refractivity (Wildman–Crippen MR) is 73.1 cm³/mol. The number of hydrogen-bond donors (Lipinski definition) is 0. The maximum atomic E-state index is 14.0. The Labute approximate surface area is 126 Å². The van der Waals surface area contributed by atoms with Gasteiger partial charge in [-0.1, -0.05) is 0 Å². The Balaban J connectivity index is 1.83. The first-order chi connectivity index (χ1) is 10.3. The average Bonchev–Trinajstić information content (AvgIpc) is 3.04. The van der Waals surface area contributed by atoms with Crippen LogP contribution in [0.1, 0.15) is 12.8 Å². The highest BCUT2D eigenvalue weighted by molar-refractivity contribution is 7.89. The molecule has 1 aromatic rings. The number of nitrogens with zero attached hydrogens (tertiary/aromatic N) is 4. The molecule has 0 saturated carbocycles. The fraction of sp³-hybridized carbons (Fsp3) is 0.667. The fourth-order valence-corrected chi connectivity index (χ4v) is 4.75. The van der Waals surface area contributed by atoms with Crippen molar-refractivity contribution >= 4 is 16.1 Å². The first kappa shape index (κ1) is 15.3. The highest BCUT2D eigenvalue weighted by Crippen LogP contribution is 2.32. The summed E-state index contributed by atoms with van der Waals surface area (Å²) < 4.78 is 54.0. The highest BCUT2D eigenvalue weighted by atomic mass is 32.2. The molecule has 0 radical (unpaired) electrons. The van der Waals surface area contributed by atoms with E-state index in [1.165, 1.54) is 18.7 Å². The number of halogens is 2. The van der Waals surface area contributed by atoms with E-state index >= 15 is 0 Å². The van der Waals surface area contributed by atoms with Crippen LogP contribution in [0.15, 0.2) is 18.7 Å². The lowest BCUT2D eigenvalue weighted by molar-refractivity contribution is -0.0720. The van der Waals surface area contributed by atoms with Gasteiger partial charge in [0.1, 0.15) is 6.33 Å². The normalized spacial score (nSPS) is 27.9. The molecule has 1 aromatic heterocycles. The standard InChI is InChI=1S/C12H16F2N4O3S/c13-12(14)6-10(18-3-1-5-22(18,20)21)7-17(8-12)11(19)16-4-2-15-9-16/h2,4,9-10H,1,3,5-8H2/t10-/m1/s1. The Kier molecular flexibility index (Phi) is 3.68. The maximum Gasteiger partial charge on any atom is 0.329 e. The van der Waals surface area contributed by atoms with Gasteiger partial charge in [0.05, 0.1) is 12.3 Å². The number of imidazole rings is 1. The molecule has 2 aliphatic heterocycles. The summed E-state index contributed by atoms with van der Waals surface area (Å²) in [5.74, 6) is -3.14. The molecule has 0 spiro atoms. The number of alkyl halides is 2. The molecule has 2 saturated heterocycles. The van der Waals surface area contributed by atoms with Crippen LogP contribution in [-0.4, -0.2) is 70.6 Å². The number of carbonyl (C=O) groups excluding carboxylic acids is 1. The van der Waals surface area contributed by atoms with E-state index in [2.05, 4.69) is 4.98 Å². The van der Waals surface area contributed by atoms with Crippen LogP contribution < -0.4 is 0 Å². The van der Waals surface area contributed by atoms with Gasteiger partial charge >= 0.3 is 6.03 Å². The van der Waals surface area contributed by atoms with E-state index in [0.29, 0.717) is 6.42 Å². The molecule has 22 heavy (non-hydrogen) atoms. The van der Waals surface area contributed by atoms with Crippen LogP contribution in [0.5, 0.6) is 0 Å². The zero-order chi connectivity index (χ0) is 16.0. The van der Waals surface area contributed by atoms with Crippen LogP contribution in [0.2, 0.25) is 0 Å². The van der Waals surface area contributed by atoms with E-state index < -0.39 is 41.0 Å². The van der Waals surface area contributed by atoms with E-state index in [4.69, 9.17) is 0 Å². The number of aromatic nitrogens is 2. The van der Waals surface area contributed by atoms with Gasteiger partial charge in [-0.05, 0) is 6.42 Å². The molecule has 7 nitrogen and oxygen atoms in total. The minimum Gasteiger partial charge on any atom is -0.316 e. The number of rotatable bonds is 1. The van der Waals surface area contributed by atoms with E-state index in [1.807, 2.05) is 0 Å². The summed E-state index contributed by atoms with van der Waals surface area (Å²) in [5.41, 5.74) is 0. The van der Waals surface area contributed by atoms with Crippen molar-refractivity contribution in [3.8, 4) is 0 Å². The Bertz CT molecular complexity index is 662. The van der Waals surface area contributed by atoms with Crippen LogP contribution in [-0.2, 0) is 10.0 Å². The molecule has 0 unspecified atom stereocenters. The van der Waals surface area contributed by atoms with E-state index in [0.717, 1.165) is 13.8 Å². The van der Waals surface area contributed by atoms with Crippen LogP contribution in [0.4, 0.5) is 13.6 Å². The maximum absolute atomic E-state index is 14.0. The lowest BCUT2D eigenvalue weighted by Gasteiger charge is -2.40. The van der Waals surface area contributed by atoms with Crippen molar-refractivity contribution in [3.63, 3.8) is 0 Å². The smallest absolute Gasteiger partial charge is 0.316 e. The van der Waals surface area contributed by atoms with Gasteiger partial charge in [0.15, 0.2) is 0 Å². The molecule has 1 atom stereocenters. The van der Waals surface area contributed by atoms with Gasteiger partial charge in [0.2, 0.25) is 10.0 Å². The van der Waals surface area contributed by atoms with Crippen molar-refractivity contribution in [1.82, 2.24) is 18.8 Å². The third kappa shape index (κ3) is 2.84. The monoisotopic (exact) mass is 334 g/mol. The molecular weight excluding hydrogens is 318 g/mol. The first-order valence-electron chi connectivity index (χ1n) is 6.93. The Morgan fingerprint density at radius 3 is 2.73 bits per heavy atom. The quantitative estimate of drug-likeness (QED) is 0.753. The lowest BCUT2D eigenvalue weighted by atomic mass is 10.0. The van der Waals surface area contributed by atoms with Crippen molar-refractivity contribution < 1.29 is 22.0 Å². The number of hydrogen-bond acceptors (Lipinski definition) is 4. The van der Waals surface area contributed by atoms with E-state index in [1.54, 1.807) is 0 Å². The molecule has 2 fully saturated rings. The van der Waals surface area contributed by atoms with Crippen molar-refractivity contribution in [3.05, 3.63) is 18.7 Å². The summed E-state index contributed by atoms with van der Waals surface area (Å²) in [6, 6.07) is -1.51. The van der Waals surface area contributed by atoms with Gasteiger partial charge in [-0.2, -0.15) is 4.31 Å². The van der Waals surface area contributed by atoms with Crippen molar-refractivity contribution in [2.45, 2.75) is 24.8 Å². The number of carbonyl (C=O) groups is 1. The van der Waals surface area contributed by atoms with E-state index in [9.17, 15) is 22.0 Å². The SMILES string of the molecule is O=C(N1C[C@H](N2CCCS2(=O)=O)CC(F)(F)C1)n1ccnc1. The minimum atomic E-state index is -3.50. The van der Waals surface area contributed by atoms with Crippen LogP contribution in [0.25, 0.3) is 0 Å².